The number of thiophene rings is 1. The van der Waals surface area contributed by atoms with Crippen LogP contribution in [0.15, 0.2) is 0 Å². The highest BCUT2D eigenvalue weighted by molar-refractivity contribution is 7.13. The van der Waals surface area contributed by atoms with Crippen molar-refractivity contribution in [2.24, 2.45) is 23.7 Å². The molecule has 0 saturated carbocycles. The van der Waals surface area contributed by atoms with Gasteiger partial charge in [0.15, 0.2) is 11.5 Å². The van der Waals surface area contributed by atoms with Crippen LogP contribution in [-0.2, 0) is 0 Å². The van der Waals surface area contributed by atoms with Gasteiger partial charge in [0.05, 0.1) is 13.2 Å². The summed E-state index contributed by atoms with van der Waals surface area (Å²) in [6, 6.07) is 0. The van der Waals surface area contributed by atoms with Gasteiger partial charge in [-0.2, -0.15) is 0 Å². The van der Waals surface area contributed by atoms with Crippen molar-refractivity contribution in [3.05, 3.63) is 9.75 Å². The van der Waals surface area contributed by atoms with Gasteiger partial charge in [0.25, 0.3) is 0 Å². The van der Waals surface area contributed by atoms with Gasteiger partial charge in [0, 0.05) is 0 Å². The Balaban J connectivity index is 2.59. The Bertz CT molecular complexity index is 643. The van der Waals surface area contributed by atoms with Crippen molar-refractivity contribution in [3.8, 4) is 36.2 Å². The van der Waals surface area contributed by atoms with Crippen molar-refractivity contribution in [2.45, 2.75) is 92.9 Å². The average molecular weight is 445 g/mol. The van der Waals surface area contributed by atoms with Gasteiger partial charge in [0.1, 0.15) is 9.75 Å². The molecule has 1 aromatic rings. The lowest BCUT2D eigenvalue weighted by molar-refractivity contribution is 0.238. The first kappa shape index (κ1) is 27.5. The van der Waals surface area contributed by atoms with Crippen LogP contribution in [0.3, 0.4) is 0 Å². The normalized spacial score (nSPS) is 13.1. The van der Waals surface area contributed by atoms with Crippen LogP contribution in [0.5, 0.6) is 11.5 Å². The molecule has 0 aliphatic rings. The third kappa shape index (κ3) is 11.0. The van der Waals surface area contributed by atoms with Crippen molar-refractivity contribution >= 4 is 11.3 Å². The smallest absolute Gasteiger partial charge is 0.189 e. The molecule has 0 amide bonds. The molecule has 1 rings (SSSR count). The first-order chi connectivity index (χ1) is 14.8. The molecule has 1 heterocycles. The van der Waals surface area contributed by atoms with Crippen LogP contribution in [0.25, 0.3) is 0 Å². The number of terminal acetylenes is 2. The zero-order valence-electron chi connectivity index (χ0n) is 20.8. The molecule has 2 nitrogen and oxygen atoms in total. The minimum Gasteiger partial charge on any atom is -0.488 e. The largest absolute Gasteiger partial charge is 0.488 e. The molecule has 0 aromatic carbocycles. The quantitative estimate of drug-likeness (QED) is 0.239. The lowest BCUT2D eigenvalue weighted by Crippen LogP contribution is -2.08. The summed E-state index contributed by atoms with van der Waals surface area (Å²) in [4.78, 5) is 1.47. The van der Waals surface area contributed by atoms with Crippen LogP contribution in [0, 0.1) is 48.4 Å². The maximum Gasteiger partial charge on any atom is 0.189 e. The molecule has 0 aliphatic heterocycles. The minimum absolute atomic E-state index is 0.634. The van der Waals surface area contributed by atoms with Crippen LogP contribution in [0.2, 0.25) is 0 Å². The standard InChI is InChI=1S/C28H44O2S/c1-9-25-27(29-19-17-23(7)15-11-13-21(3)4)28(26(10-2)31-25)30-20-18-24(8)16-12-14-22(5)6/h1-2,21-24H,11-20H2,3-8H3/t23-,24-/m0/s1. The average Bonchev–Trinajstić information content (AvgIpc) is 3.04. The number of rotatable bonds is 16. The van der Waals surface area contributed by atoms with Crippen molar-refractivity contribution in [3.63, 3.8) is 0 Å². The van der Waals surface area contributed by atoms with E-state index in [9.17, 15) is 0 Å². The number of ether oxygens (including phenoxy) is 2. The molecular formula is C28H44O2S. The molecular weight excluding hydrogens is 400 g/mol. The molecule has 174 valence electrons. The van der Waals surface area contributed by atoms with E-state index in [1.807, 2.05) is 0 Å². The fourth-order valence-electron chi connectivity index (χ4n) is 3.62. The van der Waals surface area contributed by atoms with Crippen LogP contribution in [-0.4, -0.2) is 13.2 Å². The van der Waals surface area contributed by atoms with Gasteiger partial charge in [-0.15, -0.1) is 24.2 Å². The van der Waals surface area contributed by atoms with E-state index in [-0.39, 0.29) is 0 Å². The Kier molecular flexibility index (Phi) is 13.5. The second-order valence-corrected chi connectivity index (χ2v) is 10.9. The molecule has 0 aliphatic carbocycles. The molecule has 0 N–H and O–H groups in total. The summed E-state index contributed by atoms with van der Waals surface area (Å²) in [6.45, 7) is 15.0. The predicted octanol–water partition coefficient (Wildman–Crippen LogP) is 8.17. The summed E-state index contributed by atoms with van der Waals surface area (Å²) in [5.74, 6) is 9.61. The maximum atomic E-state index is 6.14. The van der Waals surface area contributed by atoms with Gasteiger partial charge in [-0.3, -0.25) is 0 Å². The van der Waals surface area contributed by atoms with Crippen LogP contribution in [0.4, 0.5) is 0 Å². The van der Waals surface area contributed by atoms with E-state index in [4.69, 9.17) is 22.3 Å². The van der Waals surface area contributed by atoms with E-state index < -0.39 is 0 Å². The van der Waals surface area contributed by atoms with Gasteiger partial charge in [-0.05, 0) is 36.5 Å². The molecule has 0 bridgehead atoms. The maximum absolute atomic E-state index is 6.14. The number of hydrogen-bond acceptors (Lipinski definition) is 3. The Morgan fingerprint density at radius 1 is 0.645 bits per heavy atom. The third-order valence-corrected chi connectivity index (χ3v) is 6.77. The predicted molar refractivity (Wildman–Crippen MR) is 136 cm³/mol. The molecule has 0 saturated heterocycles. The van der Waals surface area contributed by atoms with E-state index >= 15 is 0 Å². The van der Waals surface area contributed by atoms with Gasteiger partial charge in [0.2, 0.25) is 0 Å². The van der Waals surface area contributed by atoms with Gasteiger partial charge in [-0.1, -0.05) is 91.9 Å². The summed E-state index contributed by atoms with van der Waals surface area (Å²) in [6.07, 6.45) is 21.1. The van der Waals surface area contributed by atoms with Gasteiger partial charge >= 0.3 is 0 Å². The summed E-state index contributed by atoms with van der Waals surface area (Å²) < 4.78 is 12.3. The molecule has 1 aromatic heterocycles. The second kappa shape index (κ2) is 15.3. The zero-order chi connectivity index (χ0) is 23.2. The third-order valence-electron chi connectivity index (χ3n) is 5.76. The molecule has 0 spiro atoms. The highest BCUT2D eigenvalue weighted by Crippen LogP contribution is 2.42. The highest BCUT2D eigenvalue weighted by Gasteiger charge is 2.20. The topological polar surface area (TPSA) is 18.5 Å². The SMILES string of the molecule is C#Cc1sc(C#C)c(OCC[C@@H](C)CCCC(C)C)c1OCC[C@@H](C)CCCC(C)C. The lowest BCUT2D eigenvalue weighted by Gasteiger charge is -2.15. The van der Waals surface area contributed by atoms with E-state index in [0.717, 1.165) is 34.4 Å². The second-order valence-electron chi connectivity index (χ2n) is 9.84. The first-order valence-electron chi connectivity index (χ1n) is 12.1. The van der Waals surface area contributed by atoms with Crippen LogP contribution >= 0.6 is 11.3 Å². The van der Waals surface area contributed by atoms with Crippen molar-refractivity contribution in [2.75, 3.05) is 13.2 Å². The first-order valence-corrected chi connectivity index (χ1v) is 13.0. The van der Waals surface area contributed by atoms with Crippen molar-refractivity contribution < 1.29 is 9.47 Å². The summed E-state index contributed by atoms with van der Waals surface area (Å²) in [5, 5.41) is 0. The van der Waals surface area contributed by atoms with E-state index in [1.54, 1.807) is 0 Å². The molecule has 31 heavy (non-hydrogen) atoms. The van der Waals surface area contributed by atoms with E-state index in [1.165, 1.54) is 49.9 Å². The molecule has 2 atom stereocenters. The fraction of sp³-hybridized carbons (Fsp3) is 0.714. The minimum atomic E-state index is 0.634. The molecule has 0 unspecified atom stereocenters. The fourth-order valence-corrected chi connectivity index (χ4v) is 4.43. The van der Waals surface area contributed by atoms with Crippen LogP contribution in [0.1, 0.15) is 103 Å². The number of hydrogen-bond donors (Lipinski definition) is 0. The Labute approximate surface area is 196 Å². The van der Waals surface area contributed by atoms with E-state index in [2.05, 4.69) is 53.4 Å². The lowest BCUT2D eigenvalue weighted by atomic mass is 9.98. The van der Waals surface area contributed by atoms with Crippen molar-refractivity contribution in [1.82, 2.24) is 0 Å². The highest BCUT2D eigenvalue weighted by atomic mass is 32.1. The zero-order valence-corrected chi connectivity index (χ0v) is 21.6. The van der Waals surface area contributed by atoms with Gasteiger partial charge < -0.3 is 9.47 Å². The van der Waals surface area contributed by atoms with Crippen LogP contribution < -0.4 is 9.47 Å². The Morgan fingerprint density at radius 3 is 1.35 bits per heavy atom. The summed E-state index contributed by atoms with van der Waals surface area (Å²) >= 11 is 1.42. The summed E-state index contributed by atoms with van der Waals surface area (Å²) in [7, 11) is 0. The molecule has 0 fully saturated rings. The van der Waals surface area contributed by atoms with Crippen molar-refractivity contribution in [1.29, 1.82) is 0 Å². The van der Waals surface area contributed by atoms with Gasteiger partial charge in [-0.25, -0.2) is 0 Å². The van der Waals surface area contributed by atoms with E-state index in [0.29, 0.717) is 36.5 Å². The Morgan fingerprint density at radius 2 is 1.03 bits per heavy atom. The molecule has 3 heteroatoms. The monoisotopic (exact) mass is 444 g/mol. The Hall–Kier alpha value is -1.58. The summed E-state index contributed by atoms with van der Waals surface area (Å²) in [5.41, 5.74) is 0. The molecule has 0 radical (unpaired) electrons.